The zero-order valence-corrected chi connectivity index (χ0v) is 21.9. The van der Waals surface area contributed by atoms with E-state index in [-0.39, 0.29) is 17.7 Å². The van der Waals surface area contributed by atoms with Crippen LogP contribution >= 0.6 is 0 Å². The van der Waals surface area contributed by atoms with E-state index in [2.05, 4.69) is 5.32 Å². The molecule has 4 rings (SSSR count). The van der Waals surface area contributed by atoms with Crippen LogP contribution in [0.1, 0.15) is 38.0 Å². The highest BCUT2D eigenvalue weighted by Gasteiger charge is 2.51. The van der Waals surface area contributed by atoms with E-state index in [1.165, 1.54) is 14.0 Å². The zero-order chi connectivity index (χ0) is 28.5. The Balaban J connectivity index is 1.67. The van der Waals surface area contributed by atoms with Gasteiger partial charge in [0.1, 0.15) is 18.8 Å². The molecule has 0 saturated carbocycles. The zero-order valence-electron chi connectivity index (χ0n) is 21.9. The highest BCUT2D eigenvalue weighted by Crippen LogP contribution is 2.29. The molecule has 0 spiro atoms. The van der Waals surface area contributed by atoms with Crippen LogP contribution in [0.2, 0.25) is 0 Å². The van der Waals surface area contributed by atoms with Crippen molar-refractivity contribution < 1.29 is 42.9 Å². The van der Waals surface area contributed by atoms with E-state index in [1.54, 1.807) is 91.0 Å². The van der Waals surface area contributed by atoms with Crippen LogP contribution in [0.25, 0.3) is 0 Å². The lowest BCUT2D eigenvalue weighted by atomic mass is 9.95. The Morgan fingerprint density at radius 2 is 1.15 bits per heavy atom. The van der Waals surface area contributed by atoms with Gasteiger partial charge >= 0.3 is 17.9 Å². The summed E-state index contributed by atoms with van der Waals surface area (Å²) in [6, 6.07) is 23.7. The maximum Gasteiger partial charge on any atom is 0.338 e. The number of methoxy groups -OCH3 is 1. The number of carbonyl (C=O) groups is 4. The summed E-state index contributed by atoms with van der Waals surface area (Å²) in [7, 11) is 1.35. The molecule has 1 aliphatic rings. The van der Waals surface area contributed by atoms with Crippen LogP contribution in [0, 0.1) is 0 Å². The molecular weight excluding hydrogens is 518 g/mol. The van der Waals surface area contributed by atoms with Crippen molar-refractivity contribution in [1.29, 1.82) is 0 Å². The lowest BCUT2D eigenvalue weighted by molar-refractivity contribution is -0.261. The van der Waals surface area contributed by atoms with Crippen molar-refractivity contribution in [2.24, 2.45) is 0 Å². The molecular formula is C30H29NO9. The summed E-state index contributed by atoms with van der Waals surface area (Å²) in [5.41, 5.74) is 0.785. The molecule has 40 heavy (non-hydrogen) atoms. The average Bonchev–Trinajstić information content (AvgIpc) is 2.99. The third-order valence-electron chi connectivity index (χ3n) is 6.14. The molecule has 0 aliphatic carbocycles. The SMILES string of the molecule is CO[C@@H]1OC(COC(=O)c2ccccc2)[C@H](OC(=O)c2ccccc2)C(OC(=O)c2ccccc2)[C@@H]1NC(C)=O. The van der Waals surface area contributed by atoms with Gasteiger partial charge in [-0.1, -0.05) is 54.6 Å². The summed E-state index contributed by atoms with van der Waals surface area (Å²) in [4.78, 5) is 51.1. The topological polar surface area (TPSA) is 126 Å². The monoisotopic (exact) mass is 547 g/mol. The van der Waals surface area contributed by atoms with Crippen molar-refractivity contribution in [3.8, 4) is 0 Å². The summed E-state index contributed by atoms with van der Waals surface area (Å²) in [5.74, 6) is -2.54. The van der Waals surface area contributed by atoms with Crippen molar-refractivity contribution in [3.05, 3.63) is 108 Å². The van der Waals surface area contributed by atoms with Crippen molar-refractivity contribution in [3.63, 3.8) is 0 Å². The molecule has 1 fully saturated rings. The number of hydrogen-bond acceptors (Lipinski definition) is 9. The largest absolute Gasteiger partial charge is 0.459 e. The lowest BCUT2D eigenvalue weighted by Crippen LogP contribution is -2.66. The van der Waals surface area contributed by atoms with Crippen LogP contribution in [0.3, 0.4) is 0 Å². The van der Waals surface area contributed by atoms with Crippen molar-refractivity contribution >= 4 is 23.8 Å². The fourth-order valence-electron chi connectivity index (χ4n) is 4.26. The molecule has 0 aromatic heterocycles. The van der Waals surface area contributed by atoms with Crippen LogP contribution in [0.15, 0.2) is 91.0 Å². The molecule has 10 nitrogen and oxygen atoms in total. The molecule has 3 aromatic carbocycles. The fraction of sp³-hybridized carbons (Fsp3) is 0.267. The first-order valence-corrected chi connectivity index (χ1v) is 12.6. The van der Waals surface area contributed by atoms with Gasteiger partial charge in [-0.25, -0.2) is 14.4 Å². The smallest absolute Gasteiger partial charge is 0.338 e. The number of amides is 1. The molecule has 208 valence electrons. The van der Waals surface area contributed by atoms with Gasteiger partial charge in [-0.15, -0.1) is 0 Å². The van der Waals surface area contributed by atoms with Crippen molar-refractivity contribution in [2.75, 3.05) is 13.7 Å². The van der Waals surface area contributed by atoms with Crippen molar-refractivity contribution in [2.45, 2.75) is 37.6 Å². The Morgan fingerprint density at radius 1 is 0.700 bits per heavy atom. The van der Waals surface area contributed by atoms with Gasteiger partial charge in [-0.2, -0.15) is 0 Å². The molecule has 1 heterocycles. The Hall–Kier alpha value is -4.54. The Morgan fingerprint density at radius 3 is 1.60 bits per heavy atom. The average molecular weight is 548 g/mol. The molecule has 1 saturated heterocycles. The summed E-state index contributed by atoms with van der Waals surface area (Å²) < 4.78 is 28.7. The molecule has 3 aromatic rings. The first kappa shape index (κ1) is 28.5. The first-order valence-electron chi connectivity index (χ1n) is 12.6. The standard InChI is InChI=1S/C30H29NO9/c1-19(32)31-24-26(40-29(35)22-16-10-5-11-17-22)25(39-28(34)21-14-8-4-9-15-21)23(38-30(24)36-2)18-37-27(33)20-12-6-3-7-13-20/h3-17,23-26,30H,18H2,1-2H3,(H,31,32)/t23?,24-,25-,26?,30+/m0/s1. The number of ether oxygens (including phenoxy) is 5. The molecule has 1 N–H and O–H groups in total. The number of esters is 3. The minimum atomic E-state index is -1.30. The molecule has 2 unspecified atom stereocenters. The number of hydrogen-bond donors (Lipinski definition) is 1. The fourth-order valence-corrected chi connectivity index (χ4v) is 4.26. The minimum Gasteiger partial charge on any atom is -0.459 e. The van der Waals surface area contributed by atoms with Gasteiger partial charge in [0.15, 0.2) is 18.5 Å². The van der Waals surface area contributed by atoms with Gasteiger partial charge in [0.25, 0.3) is 0 Å². The highest BCUT2D eigenvalue weighted by atomic mass is 16.7. The van der Waals surface area contributed by atoms with E-state index in [0.29, 0.717) is 5.56 Å². The van der Waals surface area contributed by atoms with Crippen LogP contribution in [0.4, 0.5) is 0 Å². The van der Waals surface area contributed by atoms with Crippen LogP contribution in [0.5, 0.6) is 0 Å². The highest BCUT2D eigenvalue weighted by molar-refractivity contribution is 5.91. The lowest BCUT2D eigenvalue weighted by Gasteiger charge is -2.44. The molecule has 5 atom stereocenters. The number of carbonyl (C=O) groups excluding carboxylic acids is 4. The second-order valence-corrected chi connectivity index (χ2v) is 8.94. The summed E-state index contributed by atoms with van der Waals surface area (Å²) in [6.07, 6.45) is -4.83. The summed E-state index contributed by atoms with van der Waals surface area (Å²) in [6.45, 7) is 0.911. The maximum absolute atomic E-state index is 13.2. The van der Waals surface area contributed by atoms with E-state index in [9.17, 15) is 19.2 Å². The van der Waals surface area contributed by atoms with E-state index in [0.717, 1.165) is 0 Å². The predicted molar refractivity (Wildman–Crippen MR) is 141 cm³/mol. The van der Waals surface area contributed by atoms with Crippen LogP contribution < -0.4 is 5.32 Å². The number of nitrogens with one attached hydrogen (secondary N) is 1. The molecule has 1 amide bonds. The molecule has 0 bridgehead atoms. The normalized spacial score (nSPS) is 22.0. The van der Waals surface area contributed by atoms with Crippen molar-refractivity contribution in [1.82, 2.24) is 5.32 Å². The van der Waals surface area contributed by atoms with Gasteiger partial charge in [-0.05, 0) is 36.4 Å². The van der Waals surface area contributed by atoms with E-state index >= 15 is 0 Å². The van der Waals surface area contributed by atoms with E-state index in [4.69, 9.17) is 23.7 Å². The van der Waals surface area contributed by atoms with Crippen LogP contribution in [-0.4, -0.2) is 68.2 Å². The number of benzene rings is 3. The van der Waals surface area contributed by atoms with Gasteiger partial charge in [0.2, 0.25) is 5.91 Å². The van der Waals surface area contributed by atoms with Crippen LogP contribution in [-0.2, 0) is 28.5 Å². The van der Waals surface area contributed by atoms with Gasteiger partial charge in [0.05, 0.1) is 16.7 Å². The Bertz CT molecular complexity index is 1300. The summed E-state index contributed by atoms with van der Waals surface area (Å²) in [5, 5.41) is 2.68. The number of rotatable bonds is 9. The molecule has 0 radical (unpaired) electrons. The maximum atomic E-state index is 13.2. The minimum absolute atomic E-state index is 0.237. The van der Waals surface area contributed by atoms with E-state index < -0.39 is 54.5 Å². The first-order chi connectivity index (χ1) is 19.4. The Kier molecular flexibility index (Phi) is 9.61. The van der Waals surface area contributed by atoms with E-state index in [1.807, 2.05) is 0 Å². The van der Waals surface area contributed by atoms with Gasteiger partial charge in [-0.3, -0.25) is 4.79 Å². The summed E-state index contributed by atoms with van der Waals surface area (Å²) >= 11 is 0. The molecule has 10 heteroatoms. The van der Waals surface area contributed by atoms with Gasteiger partial charge < -0.3 is 29.0 Å². The van der Waals surface area contributed by atoms with Gasteiger partial charge in [0, 0.05) is 14.0 Å². The second kappa shape index (κ2) is 13.5. The third kappa shape index (κ3) is 7.10. The third-order valence-corrected chi connectivity index (χ3v) is 6.14. The predicted octanol–water partition coefficient (Wildman–Crippen LogP) is 3.17. The Labute approximate surface area is 231 Å². The second-order valence-electron chi connectivity index (χ2n) is 8.94. The molecule has 1 aliphatic heterocycles. The quantitative estimate of drug-likeness (QED) is 0.317.